The largest absolute Gasteiger partial charge is 0.496 e. The van der Waals surface area contributed by atoms with Crippen LogP contribution in [0.2, 0.25) is 0 Å². The van der Waals surface area contributed by atoms with E-state index in [1.54, 1.807) is 20.1 Å². The molecule has 0 aromatic heterocycles. The first-order chi connectivity index (χ1) is 14.6. The van der Waals surface area contributed by atoms with E-state index in [0.717, 1.165) is 13.0 Å². The number of carbonyl (C=O) groups is 2. The molecule has 0 spiro atoms. The summed E-state index contributed by atoms with van der Waals surface area (Å²) >= 11 is 0. The number of hydrogen-bond donors (Lipinski definition) is 1. The molecule has 0 bridgehead atoms. The fourth-order valence-electron chi connectivity index (χ4n) is 4.03. The predicted molar refractivity (Wildman–Crippen MR) is 112 cm³/mol. The number of para-hydroxylation sites is 1. The molecule has 1 amide bonds. The first-order valence-electron chi connectivity index (χ1n) is 10.1. The van der Waals surface area contributed by atoms with Gasteiger partial charge >= 0.3 is 5.97 Å². The number of fused-ring (bicyclic) bond motifs is 1. The standard InChI is InChI=1S/C23H25N3O4/c1-3-30-22(28)19-20(17-10-6-7-11-18(17)29-2)24-23(25-21(19)27)26-13-12-15-8-4-5-9-16(15)14-26/h4-11,19-20H,3,12-14H2,1-2H3,(H,24,25,27). The van der Waals surface area contributed by atoms with Crippen LogP contribution < -0.4 is 10.1 Å². The van der Waals surface area contributed by atoms with Crippen molar-refractivity contribution in [1.29, 1.82) is 0 Å². The van der Waals surface area contributed by atoms with E-state index in [2.05, 4.69) is 17.4 Å². The lowest BCUT2D eigenvalue weighted by Gasteiger charge is -2.36. The Hall–Kier alpha value is -3.35. The van der Waals surface area contributed by atoms with Crippen LogP contribution in [0.5, 0.6) is 5.75 Å². The molecule has 0 saturated heterocycles. The fourth-order valence-corrected chi connectivity index (χ4v) is 4.03. The van der Waals surface area contributed by atoms with Crippen molar-refractivity contribution < 1.29 is 19.1 Å². The molecule has 7 heteroatoms. The average molecular weight is 407 g/mol. The van der Waals surface area contributed by atoms with Gasteiger partial charge in [-0.3, -0.25) is 14.9 Å². The second kappa shape index (κ2) is 8.57. The summed E-state index contributed by atoms with van der Waals surface area (Å²) in [6.07, 6.45) is 0.867. The minimum Gasteiger partial charge on any atom is -0.496 e. The Morgan fingerprint density at radius 1 is 1.17 bits per heavy atom. The summed E-state index contributed by atoms with van der Waals surface area (Å²) in [6.45, 7) is 3.30. The number of nitrogens with one attached hydrogen (secondary N) is 1. The highest BCUT2D eigenvalue weighted by molar-refractivity contribution is 6.08. The van der Waals surface area contributed by atoms with E-state index in [9.17, 15) is 9.59 Å². The van der Waals surface area contributed by atoms with E-state index in [1.165, 1.54) is 11.1 Å². The molecular weight excluding hydrogens is 382 g/mol. The molecule has 2 atom stereocenters. The number of hydrogen-bond acceptors (Lipinski definition) is 6. The van der Waals surface area contributed by atoms with Crippen LogP contribution in [-0.4, -0.2) is 43.0 Å². The minimum atomic E-state index is -1.07. The molecule has 0 aliphatic carbocycles. The lowest BCUT2D eigenvalue weighted by Crippen LogP contribution is -2.53. The fraction of sp³-hybridized carbons (Fsp3) is 0.348. The van der Waals surface area contributed by atoms with Gasteiger partial charge in [-0.1, -0.05) is 42.5 Å². The Morgan fingerprint density at radius 2 is 1.90 bits per heavy atom. The maximum atomic E-state index is 13.0. The topological polar surface area (TPSA) is 80.2 Å². The highest BCUT2D eigenvalue weighted by Crippen LogP contribution is 2.36. The number of esters is 1. The summed E-state index contributed by atoms with van der Waals surface area (Å²) in [5.74, 6) is -1.00. The van der Waals surface area contributed by atoms with Gasteiger partial charge in [-0.2, -0.15) is 0 Å². The van der Waals surface area contributed by atoms with Gasteiger partial charge in [-0.25, -0.2) is 4.99 Å². The van der Waals surface area contributed by atoms with Gasteiger partial charge in [0.2, 0.25) is 11.9 Å². The third kappa shape index (κ3) is 3.75. The molecule has 2 aliphatic rings. The molecule has 7 nitrogen and oxygen atoms in total. The number of rotatable bonds is 4. The molecule has 2 unspecified atom stereocenters. The number of aliphatic imine (C=N–C) groups is 1. The lowest BCUT2D eigenvalue weighted by atomic mass is 9.90. The highest BCUT2D eigenvalue weighted by Gasteiger charge is 2.43. The molecule has 2 heterocycles. The Bertz CT molecular complexity index is 988. The molecule has 2 aromatic carbocycles. The normalized spacial score (nSPS) is 20.7. The van der Waals surface area contributed by atoms with Crippen LogP contribution in [0.25, 0.3) is 0 Å². The van der Waals surface area contributed by atoms with Crippen molar-refractivity contribution in [1.82, 2.24) is 10.2 Å². The SMILES string of the molecule is CCOC(=O)C1C(=O)NC(N2CCc3ccccc3C2)=NC1c1ccccc1OC. The quantitative estimate of drug-likeness (QED) is 0.622. The third-order valence-electron chi connectivity index (χ3n) is 5.52. The molecule has 30 heavy (non-hydrogen) atoms. The highest BCUT2D eigenvalue weighted by atomic mass is 16.5. The Morgan fingerprint density at radius 3 is 2.67 bits per heavy atom. The zero-order chi connectivity index (χ0) is 21.1. The first kappa shape index (κ1) is 19.9. The Balaban J connectivity index is 1.72. The second-order valence-corrected chi connectivity index (χ2v) is 7.30. The van der Waals surface area contributed by atoms with Gasteiger partial charge in [-0.15, -0.1) is 0 Å². The molecular formula is C23H25N3O4. The predicted octanol–water partition coefficient (Wildman–Crippen LogP) is 2.46. The third-order valence-corrected chi connectivity index (χ3v) is 5.52. The maximum Gasteiger partial charge on any atom is 0.321 e. The zero-order valence-electron chi connectivity index (χ0n) is 17.1. The van der Waals surface area contributed by atoms with Gasteiger partial charge in [0.25, 0.3) is 0 Å². The Kier molecular flexibility index (Phi) is 5.70. The molecule has 0 saturated carbocycles. The van der Waals surface area contributed by atoms with E-state index in [1.807, 2.05) is 35.2 Å². The molecule has 0 radical (unpaired) electrons. The second-order valence-electron chi connectivity index (χ2n) is 7.30. The molecule has 4 rings (SSSR count). The van der Waals surface area contributed by atoms with Crippen LogP contribution in [0.15, 0.2) is 53.5 Å². The number of nitrogens with zero attached hydrogens (tertiary/aromatic N) is 2. The number of ether oxygens (including phenoxy) is 2. The summed E-state index contributed by atoms with van der Waals surface area (Å²) in [7, 11) is 1.56. The van der Waals surface area contributed by atoms with E-state index in [-0.39, 0.29) is 6.61 Å². The van der Waals surface area contributed by atoms with E-state index < -0.39 is 23.8 Å². The number of methoxy groups -OCH3 is 1. The number of carbonyl (C=O) groups excluding carboxylic acids is 2. The average Bonchev–Trinajstić information content (AvgIpc) is 2.78. The van der Waals surface area contributed by atoms with Gasteiger partial charge in [0.15, 0.2) is 5.92 Å². The Labute approximate surface area is 175 Å². The first-order valence-corrected chi connectivity index (χ1v) is 10.1. The summed E-state index contributed by atoms with van der Waals surface area (Å²) in [6, 6.07) is 14.9. The van der Waals surface area contributed by atoms with Crippen LogP contribution in [0, 0.1) is 5.92 Å². The van der Waals surface area contributed by atoms with Crippen LogP contribution in [0.4, 0.5) is 0 Å². The van der Waals surface area contributed by atoms with E-state index in [0.29, 0.717) is 23.8 Å². The van der Waals surface area contributed by atoms with Gasteiger partial charge < -0.3 is 14.4 Å². The van der Waals surface area contributed by atoms with Crippen molar-refractivity contribution in [2.75, 3.05) is 20.3 Å². The van der Waals surface area contributed by atoms with Gasteiger partial charge in [0.1, 0.15) is 11.8 Å². The van der Waals surface area contributed by atoms with Gasteiger partial charge in [-0.05, 0) is 30.5 Å². The van der Waals surface area contributed by atoms with Crippen LogP contribution >= 0.6 is 0 Å². The molecule has 2 aromatic rings. The van der Waals surface area contributed by atoms with Crippen molar-refractivity contribution in [2.24, 2.45) is 10.9 Å². The monoisotopic (exact) mass is 407 g/mol. The summed E-state index contributed by atoms with van der Waals surface area (Å²) in [5.41, 5.74) is 3.20. The van der Waals surface area contributed by atoms with Crippen molar-refractivity contribution in [3.63, 3.8) is 0 Å². The van der Waals surface area contributed by atoms with Crippen molar-refractivity contribution >= 4 is 17.8 Å². The maximum absolute atomic E-state index is 13.0. The van der Waals surface area contributed by atoms with Crippen molar-refractivity contribution in [2.45, 2.75) is 25.9 Å². The number of amides is 1. The molecule has 2 aliphatic heterocycles. The van der Waals surface area contributed by atoms with E-state index >= 15 is 0 Å². The van der Waals surface area contributed by atoms with Crippen LogP contribution in [-0.2, 0) is 27.3 Å². The smallest absolute Gasteiger partial charge is 0.321 e. The minimum absolute atomic E-state index is 0.195. The van der Waals surface area contributed by atoms with Gasteiger partial charge in [0, 0.05) is 18.7 Å². The van der Waals surface area contributed by atoms with E-state index in [4.69, 9.17) is 14.5 Å². The zero-order valence-corrected chi connectivity index (χ0v) is 17.1. The van der Waals surface area contributed by atoms with Crippen molar-refractivity contribution in [3.8, 4) is 5.75 Å². The number of guanidine groups is 1. The van der Waals surface area contributed by atoms with Gasteiger partial charge in [0.05, 0.1) is 13.7 Å². The lowest BCUT2D eigenvalue weighted by molar-refractivity contribution is -0.153. The van der Waals surface area contributed by atoms with Crippen LogP contribution in [0.1, 0.15) is 29.7 Å². The number of benzene rings is 2. The summed E-state index contributed by atoms with van der Waals surface area (Å²) < 4.78 is 10.7. The summed E-state index contributed by atoms with van der Waals surface area (Å²) in [4.78, 5) is 32.5. The molecule has 1 N–H and O–H groups in total. The molecule has 156 valence electrons. The van der Waals surface area contributed by atoms with Crippen molar-refractivity contribution in [3.05, 3.63) is 65.2 Å². The summed E-state index contributed by atoms with van der Waals surface area (Å²) in [5, 5.41) is 2.84. The molecule has 0 fully saturated rings. The van der Waals surface area contributed by atoms with Crippen LogP contribution in [0.3, 0.4) is 0 Å².